The molecule has 2 unspecified atom stereocenters. The Balaban J connectivity index is 2.46. The van der Waals surface area contributed by atoms with Crippen molar-refractivity contribution in [1.82, 2.24) is 10.2 Å². The summed E-state index contributed by atoms with van der Waals surface area (Å²) in [6, 6.07) is 0.560. The highest BCUT2D eigenvalue weighted by molar-refractivity contribution is 4.87. The summed E-state index contributed by atoms with van der Waals surface area (Å²) in [5.41, 5.74) is -0.123. The van der Waals surface area contributed by atoms with Gasteiger partial charge in [0.1, 0.15) is 0 Å². The first-order valence-electron chi connectivity index (χ1n) is 7.71. The average molecular weight is 256 g/mol. The Bertz CT molecular complexity index is 215. The average Bonchev–Trinajstić information content (AvgIpc) is 2.65. The number of aliphatic hydroxyl groups is 1. The molecule has 3 heteroatoms. The van der Waals surface area contributed by atoms with Crippen molar-refractivity contribution >= 4 is 0 Å². The predicted octanol–water partition coefficient (Wildman–Crippen LogP) is 2.39. The predicted molar refractivity (Wildman–Crippen MR) is 77.9 cm³/mol. The Morgan fingerprint density at radius 1 is 1.22 bits per heavy atom. The van der Waals surface area contributed by atoms with E-state index in [-0.39, 0.29) is 12.1 Å². The van der Waals surface area contributed by atoms with Crippen molar-refractivity contribution in [1.29, 1.82) is 0 Å². The van der Waals surface area contributed by atoms with Crippen molar-refractivity contribution in [3.63, 3.8) is 0 Å². The third-order valence-electron chi connectivity index (χ3n) is 4.16. The molecule has 0 aromatic carbocycles. The van der Waals surface area contributed by atoms with E-state index in [2.05, 4.69) is 31.0 Å². The van der Waals surface area contributed by atoms with Gasteiger partial charge < -0.3 is 15.3 Å². The fourth-order valence-corrected chi connectivity index (χ4v) is 2.94. The maximum atomic E-state index is 9.63. The summed E-state index contributed by atoms with van der Waals surface area (Å²) in [6.07, 6.45) is 7.59. The smallest absolute Gasteiger partial charge is 0.0611 e. The maximum Gasteiger partial charge on any atom is 0.0611 e. The number of hydrogen-bond acceptors (Lipinski definition) is 3. The molecular weight excluding hydrogens is 224 g/mol. The SMILES string of the molecule is CCCNC(C)(CO)CC(C)N1CCCCCC1. The van der Waals surface area contributed by atoms with Crippen LogP contribution < -0.4 is 5.32 Å². The molecule has 0 aliphatic carbocycles. The zero-order chi connectivity index (χ0) is 13.4. The van der Waals surface area contributed by atoms with Gasteiger partial charge in [0.2, 0.25) is 0 Å². The fraction of sp³-hybridized carbons (Fsp3) is 1.00. The minimum atomic E-state index is -0.123. The molecule has 1 saturated heterocycles. The Morgan fingerprint density at radius 3 is 2.33 bits per heavy atom. The van der Waals surface area contributed by atoms with Crippen molar-refractivity contribution in [2.45, 2.75) is 70.9 Å². The quantitative estimate of drug-likeness (QED) is 0.734. The zero-order valence-electron chi connectivity index (χ0n) is 12.5. The Morgan fingerprint density at radius 2 is 1.83 bits per heavy atom. The molecule has 108 valence electrons. The first kappa shape index (κ1) is 15.9. The fourth-order valence-electron chi connectivity index (χ4n) is 2.94. The molecule has 0 spiro atoms. The highest BCUT2D eigenvalue weighted by Crippen LogP contribution is 2.19. The molecule has 1 aliphatic heterocycles. The van der Waals surface area contributed by atoms with Crippen LogP contribution in [0.3, 0.4) is 0 Å². The maximum absolute atomic E-state index is 9.63. The van der Waals surface area contributed by atoms with E-state index >= 15 is 0 Å². The second kappa shape index (κ2) is 8.13. The van der Waals surface area contributed by atoms with Gasteiger partial charge in [0.25, 0.3) is 0 Å². The molecule has 0 radical (unpaired) electrons. The Labute approximate surface area is 113 Å². The molecule has 2 atom stereocenters. The van der Waals surface area contributed by atoms with E-state index in [1.807, 2.05) is 0 Å². The number of hydrogen-bond donors (Lipinski definition) is 2. The first-order chi connectivity index (χ1) is 8.61. The van der Waals surface area contributed by atoms with E-state index in [1.54, 1.807) is 0 Å². The number of nitrogens with one attached hydrogen (secondary N) is 1. The van der Waals surface area contributed by atoms with Crippen LogP contribution in [0, 0.1) is 0 Å². The summed E-state index contributed by atoms with van der Waals surface area (Å²) >= 11 is 0. The van der Waals surface area contributed by atoms with Crippen LogP contribution in [0.15, 0.2) is 0 Å². The monoisotopic (exact) mass is 256 g/mol. The first-order valence-corrected chi connectivity index (χ1v) is 7.71. The number of aliphatic hydroxyl groups excluding tert-OH is 1. The van der Waals surface area contributed by atoms with Crippen molar-refractivity contribution in [3.05, 3.63) is 0 Å². The Hall–Kier alpha value is -0.120. The van der Waals surface area contributed by atoms with E-state index in [1.165, 1.54) is 38.8 Å². The molecule has 1 heterocycles. The molecule has 0 saturated carbocycles. The van der Waals surface area contributed by atoms with Gasteiger partial charge in [0.15, 0.2) is 0 Å². The van der Waals surface area contributed by atoms with E-state index in [9.17, 15) is 5.11 Å². The lowest BCUT2D eigenvalue weighted by atomic mass is 9.93. The third kappa shape index (κ3) is 5.25. The molecule has 0 amide bonds. The second-order valence-corrected chi connectivity index (χ2v) is 6.15. The highest BCUT2D eigenvalue weighted by atomic mass is 16.3. The highest BCUT2D eigenvalue weighted by Gasteiger charge is 2.27. The van der Waals surface area contributed by atoms with Gasteiger partial charge in [-0.15, -0.1) is 0 Å². The van der Waals surface area contributed by atoms with Gasteiger partial charge in [0, 0.05) is 11.6 Å². The molecule has 18 heavy (non-hydrogen) atoms. The van der Waals surface area contributed by atoms with Gasteiger partial charge in [-0.1, -0.05) is 19.8 Å². The number of likely N-dealkylation sites (tertiary alicyclic amines) is 1. The molecular formula is C15H32N2O. The van der Waals surface area contributed by atoms with Crippen molar-refractivity contribution in [2.75, 3.05) is 26.2 Å². The molecule has 0 aromatic heterocycles. The van der Waals surface area contributed by atoms with Crippen LogP contribution in [0.2, 0.25) is 0 Å². The minimum Gasteiger partial charge on any atom is -0.394 e. The van der Waals surface area contributed by atoms with Crippen LogP contribution in [0.25, 0.3) is 0 Å². The second-order valence-electron chi connectivity index (χ2n) is 6.15. The van der Waals surface area contributed by atoms with E-state index in [0.29, 0.717) is 6.04 Å². The van der Waals surface area contributed by atoms with Gasteiger partial charge in [-0.3, -0.25) is 0 Å². The van der Waals surface area contributed by atoms with E-state index in [4.69, 9.17) is 0 Å². The normalized spacial score (nSPS) is 23.3. The standard InChI is InChI=1S/C15H32N2O/c1-4-9-16-15(3,13-18)12-14(2)17-10-7-5-6-8-11-17/h14,16,18H,4-13H2,1-3H3. The van der Waals surface area contributed by atoms with Crippen molar-refractivity contribution < 1.29 is 5.11 Å². The summed E-state index contributed by atoms with van der Waals surface area (Å²) in [6.45, 7) is 10.3. The Kier molecular flexibility index (Phi) is 7.20. The summed E-state index contributed by atoms with van der Waals surface area (Å²) in [7, 11) is 0. The lowest BCUT2D eigenvalue weighted by Gasteiger charge is -2.36. The molecule has 0 bridgehead atoms. The van der Waals surface area contributed by atoms with Crippen LogP contribution in [0.5, 0.6) is 0 Å². The van der Waals surface area contributed by atoms with E-state index < -0.39 is 0 Å². The van der Waals surface area contributed by atoms with Crippen LogP contribution in [-0.2, 0) is 0 Å². The largest absolute Gasteiger partial charge is 0.394 e. The van der Waals surface area contributed by atoms with Gasteiger partial charge in [0.05, 0.1) is 6.61 Å². The van der Waals surface area contributed by atoms with Gasteiger partial charge in [-0.2, -0.15) is 0 Å². The number of nitrogens with zero attached hydrogens (tertiary/aromatic N) is 1. The summed E-state index contributed by atoms with van der Waals surface area (Å²) in [4.78, 5) is 2.61. The molecule has 2 N–H and O–H groups in total. The minimum absolute atomic E-state index is 0.123. The van der Waals surface area contributed by atoms with Crippen LogP contribution >= 0.6 is 0 Å². The van der Waals surface area contributed by atoms with Gasteiger partial charge >= 0.3 is 0 Å². The topological polar surface area (TPSA) is 35.5 Å². The van der Waals surface area contributed by atoms with Crippen LogP contribution in [0.1, 0.15) is 59.3 Å². The van der Waals surface area contributed by atoms with Crippen molar-refractivity contribution in [2.24, 2.45) is 0 Å². The summed E-state index contributed by atoms with van der Waals surface area (Å²) < 4.78 is 0. The number of rotatable bonds is 7. The molecule has 0 aromatic rings. The third-order valence-corrected chi connectivity index (χ3v) is 4.16. The van der Waals surface area contributed by atoms with Gasteiger partial charge in [-0.25, -0.2) is 0 Å². The van der Waals surface area contributed by atoms with Crippen molar-refractivity contribution in [3.8, 4) is 0 Å². The summed E-state index contributed by atoms with van der Waals surface area (Å²) in [5.74, 6) is 0. The van der Waals surface area contributed by atoms with Crippen LogP contribution in [0.4, 0.5) is 0 Å². The van der Waals surface area contributed by atoms with Gasteiger partial charge in [-0.05, 0) is 59.2 Å². The van der Waals surface area contributed by atoms with Crippen LogP contribution in [-0.4, -0.2) is 47.8 Å². The lowest BCUT2D eigenvalue weighted by molar-refractivity contribution is 0.116. The lowest BCUT2D eigenvalue weighted by Crippen LogP contribution is -2.51. The zero-order valence-corrected chi connectivity index (χ0v) is 12.5. The molecule has 3 nitrogen and oxygen atoms in total. The van der Waals surface area contributed by atoms with E-state index in [0.717, 1.165) is 19.4 Å². The molecule has 1 rings (SSSR count). The molecule has 1 aliphatic rings. The summed E-state index contributed by atoms with van der Waals surface area (Å²) in [5, 5.41) is 13.1. The molecule has 1 fully saturated rings.